The molecular weight excluding hydrogens is 338 g/mol. The molecule has 1 amide bonds. The van der Waals surface area contributed by atoms with E-state index in [0.717, 1.165) is 42.1 Å². The first-order valence-electron chi connectivity index (χ1n) is 9.55. The van der Waals surface area contributed by atoms with Gasteiger partial charge in [-0.05, 0) is 24.5 Å². The molecule has 3 rings (SSSR count). The molecule has 0 atom stereocenters. The number of aliphatic imine (C=N–C) groups is 1. The van der Waals surface area contributed by atoms with Crippen LogP contribution in [0, 0.1) is 5.41 Å². The summed E-state index contributed by atoms with van der Waals surface area (Å²) in [6, 6.07) is 10.2. The predicted octanol–water partition coefficient (Wildman–Crippen LogP) is 2.55. The third kappa shape index (κ3) is 4.21. The topological polar surface area (TPSA) is 69.6 Å². The lowest BCUT2D eigenvalue weighted by atomic mass is 9.84. The van der Waals surface area contributed by atoms with E-state index in [2.05, 4.69) is 38.8 Å². The van der Waals surface area contributed by atoms with Crippen LogP contribution in [0.1, 0.15) is 31.2 Å². The van der Waals surface area contributed by atoms with Gasteiger partial charge in [0.15, 0.2) is 5.96 Å². The molecule has 1 heterocycles. The third-order valence-corrected chi connectivity index (χ3v) is 5.40. The van der Waals surface area contributed by atoms with Crippen LogP contribution in [-0.4, -0.2) is 49.4 Å². The minimum Gasteiger partial charge on any atom is -0.355 e. The van der Waals surface area contributed by atoms with Crippen LogP contribution in [0.25, 0.3) is 10.9 Å². The SMILES string of the molecule is CN=C(NCc1cccc2cccnc12)NCC1(C(=O)N(C)C)CCCC1. The Kier molecular flexibility index (Phi) is 5.94. The molecule has 1 aliphatic carbocycles. The zero-order chi connectivity index (χ0) is 19.3. The number of hydrogen-bond acceptors (Lipinski definition) is 3. The van der Waals surface area contributed by atoms with E-state index in [-0.39, 0.29) is 11.3 Å². The first-order valence-corrected chi connectivity index (χ1v) is 9.55. The number of benzene rings is 1. The summed E-state index contributed by atoms with van der Waals surface area (Å²) in [6.45, 7) is 1.24. The fourth-order valence-corrected chi connectivity index (χ4v) is 3.95. The molecule has 144 valence electrons. The fourth-order valence-electron chi connectivity index (χ4n) is 3.95. The van der Waals surface area contributed by atoms with Crippen LogP contribution >= 0.6 is 0 Å². The summed E-state index contributed by atoms with van der Waals surface area (Å²) in [6.07, 6.45) is 5.89. The molecule has 0 saturated heterocycles. The summed E-state index contributed by atoms with van der Waals surface area (Å²) < 4.78 is 0. The number of amides is 1. The molecule has 0 radical (unpaired) electrons. The number of nitrogens with zero attached hydrogens (tertiary/aromatic N) is 3. The molecule has 0 aliphatic heterocycles. The van der Waals surface area contributed by atoms with Crippen molar-refractivity contribution in [1.82, 2.24) is 20.5 Å². The van der Waals surface area contributed by atoms with Crippen LogP contribution in [0.5, 0.6) is 0 Å². The lowest BCUT2D eigenvalue weighted by Crippen LogP contribution is -2.49. The van der Waals surface area contributed by atoms with Crippen molar-refractivity contribution in [3.05, 3.63) is 42.1 Å². The molecular formula is C21H29N5O. The van der Waals surface area contributed by atoms with Crippen molar-refractivity contribution in [3.63, 3.8) is 0 Å². The highest BCUT2D eigenvalue weighted by Gasteiger charge is 2.42. The normalized spacial score (nSPS) is 16.3. The lowest BCUT2D eigenvalue weighted by Gasteiger charge is -2.31. The van der Waals surface area contributed by atoms with Crippen LogP contribution in [0.3, 0.4) is 0 Å². The van der Waals surface area contributed by atoms with Gasteiger partial charge < -0.3 is 15.5 Å². The number of para-hydroxylation sites is 1. The molecule has 1 fully saturated rings. The van der Waals surface area contributed by atoms with E-state index in [1.165, 1.54) is 0 Å². The molecule has 1 saturated carbocycles. The smallest absolute Gasteiger partial charge is 0.230 e. The first-order chi connectivity index (χ1) is 13.1. The molecule has 2 N–H and O–H groups in total. The zero-order valence-corrected chi connectivity index (χ0v) is 16.5. The fraction of sp³-hybridized carbons (Fsp3) is 0.476. The second kappa shape index (κ2) is 8.37. The number of carbonyl (C=O) groups is 1. The third-order valence-electron chi connectivity index (χ3n) is 5.40. The van der Waals surface area contributed by atoms with Crippen molar-refractivity contribution in [2.75, 3.05) is 27.7 Å². The number of aromatic nitrogens is 1. The predicted molar refractivity (Wildman–Crippen MR) is 110 cm³/mol. The monoisotopic (exact) mass is 367 g/mol. The number of guanidine groups is 1. The van der Waals surface area contributed by atoms with Crippen molar-refractivity contribution in [2.45, 2.75) is 32.2 Å². The van der Waals surface area contributed by atoms with Gasteiger partial charge in [-0.3, -0.25) is 14.8 Å². The van der Waals surface area contributed by atoms with E-state index < -0.39 is 0 Å². The average molecular weight is 367 g/mol. The highest BCUT2D eigenvalue weighted by molar-refractivity contribution is 5.85. The molecule has 0 bridgehead atoms. The minimum atomic E-state index is -0.317. The van der Waals surface area contributed by atoms with Crippen LogP contribution in [-0.2, 0) is 11.3 Å². The Morgan fingerprint density at radius 2 is 1.93 bits per heavy atom. The van der Waals surface area contributed by atoms with Gasteiger partial charge in [-0.1, -0.05) is 37.1 Å². The van der Waals surface area contributed by atoms with Crippen LogP contribution in [0.4, 0.5) is 0 Å². The van der Waals surface area contributed by atoms with Gasteiger partial charge in [0.25, 0.3) is 0 Å². The molecule has 27 heavy (non-hydrogen) atoms. The Balaban J connectivity index is 1.65. The van der Waals surface area contributed by atoms with Crippen molar-refractivity contribution >= 4 is 22.8 Å². The standard InChI is InChI=1S/C21H29N5O/c1-22-20(25-15-21(11-4-5-12-21)19(27)26(2)3)24-14-17-9-6-8-16-10-7-13-23-18(16)17/h6-10,13H,4-5,11-12,14-15H2,1-3H3,(H2,22,24,25). The Morgan fingerprint density at radius 1 is 1.19 bits per heavy atom. The Bertz CT molecular complexity index is 819. The second-order valence-electron chi connectivity index (χ2n) is 7.46. The van der Waals surface area contributed by atoms with Gasteiger partial charge in [0.1, 0.15) is 0 Å². The first kappa shape index (κ1) is 19.1. The van der Waals surface area contributed by atoms with E-state index >= 15 is 0 Å². The molecule has 0 spiro atoms. The van der Waals surface area contributed by atoms with Crippen LogP contribution in [0.15, 0.2) is 41.5 Å². The number of rotatable bonds is 5. The highest BCUT2D eigenvalue weighted by atomic mass is 16.2. The van der Waals surface area contributed by atoms with Crippen molar-refractivity contribution in [2.24, 2.45) is 10.4 Å². The van der Waals surface area contributed by atoms with E-state index in [4.69, 9.17) is 0 Å². The summed E-state index contributed by atoms with van der Waals surface area (Å²) in [4.78, 5) is 23.3. The largest absolute Gasteiger partial charge is 0.355 e. The number of hydrogen-bond donors (Lipinski definition) is 2. The average Bonchev–Trinajstić information content (AvgIpc) is 3.17. The summed E-state index contributed by atoms with van der Waals surface area (Å²) in [5.41, 5.74) is 1.80. The quantitative estimate of drug-likeness (QED) is 0.629. The summed E-state index contributed by atoms with van der Waals surface area (Å²) in [5.74, 6) is 0.918. The van der Waals surface area contributed by atoms with Crippen molar-refractivity contribution in [3.8, 4) is 0 Å². The van der Waals surface area contributed by atoms with Crippen molar-refractivity contribution in [1.29, 1.82) is 0 Å². The van der Waals surface area contributed by atoms with Gasteiger partial charge in [0.2, 0.25) is 5.91 Å². The van der Waals surface area contributed by atoms with Crippen molar-refractivity contribution < 1.29 is 4.79 Å². The number of carbonyl (C=O) groups excluding carboxylic acids is 1. The summed E-state index contributed by atoms with van der Waals surface area (Å²) in [7, 11) is 5.43. The Hall–Kier alpha value is -2.63. The maximum atomic E-state index is 12.7. The summed E-state index contributed by atoms with van der Waals surface area (Å²) >= 11 is 0. The van der Waals surface area contributed by atoms with E-state index in [1.54, 1.807) is 11.9 Å². The van der Waals surface area contributed by atoms with Crippen LogP contribution in [0.2, 0.25) is 0 Å². The molecule has 1 aliphatic rings. The molecule has 6 heteroatoms. The number of pyridine rings is 1. The van der Waals surface area contributed by atoms with Gasteiger partial charge in [0.05, 0.1) is 10.9 Å². The highest BCUT2D eigenvalue weighted by Crippen LogP contribution is 2.38. The second-order valence-corrected chi connectivity index (χ2v) is 7.46. The van der Waals surface area contributed by atoms with Gasteiger partial charge >= 0.3 is 0 Å². The van der Waals surface area contributed by atoms with Crippen LogP contribution < -0.4 is 10.6 Å². The molecule has 1 aromatic carbocycles. The maximum Gasteiger partial charge on any atom is 0.230 e. The zero-order valence-electron chi connectivity index (χ0n) is 16.5. The molecule has 2 aromatic rings. The Morgan fingerprint density at radius 3 is 2.63 bits per heavy atom. The van der Waals surface area contributed by atoms with Gasteiger partial charge in [-0.15, -0.1) is 0 Å². The van der Waals surface area contributed by atoms with E-state index in [1.807, 2.05) is 32.4 Å². The van der Waals surface area contributed by atoms with Gasteiger partial charge in [-0.25, -0.2) is 0 Å². The Labute approximate surface area is 161 Å². The lowest BCUT2D eigenvalue weighted by molar-refractivity contribution is -0.138. The van der Waals surface area contributed by atoms with E-state index in [0.29, 0.717) is 19.0 Å². The molecule has 1 aromatic heterocycles. The number of fused-ring (bicyclic) bond motifs is 1. The number of nitrogens with one attached hydrogen (secondary N) is 2. The minimum absolute atomic E-state index is 0.209. The maximum absolute atomic E-state index is 12.7. The molecule has 6 nitrogen and oxygen atoms in total. The van der Waals surface area contributed by atoms with E-state index in [9.17, 15) is 4.79 Å². The molecule has 0 unspecified atom stereocenters. The van der Waals surface area contributed by atoms with Gasteiger partial charge in [-0.2, -0.15) is 0 Å². The summed E-state index contributed by atoms with van der Waals surface area (Å²) in [5, 5.41) is 7.86. The van der Waals surface area contributed by atoms with Gasteiger partial charge in [0, 0.05) is 45.8 Å².